The zero-order valence-corrected chi connectivity index (χ0v) is 8.23. The van der Waals surface area contributed by atoms with Crippen molar-refractivity contribution < 1.29 is 13.2 Å². The van der Waals surface area contributed by atoms with Gasteiger partial charge in [-0.25, -0.2) is 8.42 Å². The summed E-state index contributed by atoms with van der Waals surface area (Å²) in [5.74, 6) is 0. The molecule has 0 saturated carbocycles. The molecule has 0 aromatic carbocycles. The van der Waals surface area contributed by atoms with Crippen LogP contribution in [0, 0.1) is 0 Å². The SMILES string of the molecule is CN(NC=O)S(=O)(=O)c1cccnc1. The van der Waals surface area contributed by atoms with Crippen molar-refractivity contribution in [2.45, 2.75) is 4.90 Å². The summed E-state index contributed by atoms with van der Waals surface area (Å²) in [6, 6.07) is 2.90. The number of nitrogens with one attached hydrogen (secondary N) is 1. The maximum absolute atomic E-state index is 11.6. The molecule has 0 bridgehead atoms. The van der Waals surface area contributed by atoms with Gasteiger partial charge < -0.3 is 0 Å². The Balaban J connectivity index is 3.03. The number of hydrazine groups is 1. The number of carbonyl (C=O) groups is 1. The van der Waals surface area contributed by atoms with E-state index in [1.807, 2.05) is 5.43 Å². The van der Waals surface area contributed by atoms with Crippen LogP contribution in [0.5, 0.6) is 0 Å². The Morgan fingerprint density at radius 1 is 1.57 bits per heavy atom. The Morgan fingerprint density at radius 3 is 2.79 bits per heavy atom. The monoisotopic (exact) mass is 215 g/mol. The first-order valence-electron chi connectivity index (χ1n) is 3.68. The van der Waals surface area contributed by atoms with E-state index in [-0.39, 0.29) is 11.3 Å². The van der Waals surface area contributed by atoms with Gasteiger partial charge in [-0.1, -0.05) is 0 Å². The summed E-state index contributed by atoms with van der Waals surface area (Å²) in [6.45, 7) is 0. The van der Waals surface area contributed by atoms with E-state index in [1.165, 1.54) is 31.6 Å². The Bertz CT molecular complexity index is 403. The lowest BCUT2D eigenvalue weighted by Gasteiger charge is -2.14. The van der Waals surface area contributed by atoms with Gasteiger partial charge in [0.2, 0.25) is 6.41 Å². The number of rotatable bonds is 4. The molecule has 1 rings (SSSR count). The molecule has 0 spiro atoms. The quantitative estimate of drug-likeness (QED) is 0.535. The maximum Gasteiger partial charge on any atom is 0.261 e. The van der Waals surface area contributed by atoms with Gasteiger partial charge in [-0.15, -0.1) is 4.41 Å². The average molecular weight is 215 g/mol. The highest BCUT2D eigenvalue weighted by Gasteiger charge is 2.19. The first-order valence-corrected chi connectivity index (χ1v) is 5.12. The van der Waals surface area contributed by atoms with Crippen LogP contribution in [-0.4, -0.2) is 31.3 Å². The van der Waals surface area contributed by atoms with Crippen LogP contribution in [-0.2, 0) is 14.8 Å². The summed E-state index contributed by atoms with van der Waals surface area (Å²) in [6.07, 6.45) is 2.96. The molecule has 7 heteroatoms. The number of amides is 1. The molecule has 0 unspecified atom stereocenters. The molecule has 0 aliphatic carbocycles. The second-order valence-corrected chi connectivity index (χ2v) is 4.38. The summed E-state index contributed by atoms with van der Waals surface area (Å²) in [5.41, 5.74) is 2.02. The molecule has 0 fully saturated rings. The fraction of sp³-hybridized carbons (Fsp3) is 0.143. The highest BCUT2D eigenvalue weighted by atomic mass is 32.2. The van der Waals surface area contributed by atoms with Gasteiger partial charge in [-0.2, -0.15) is 0 Å². The molecule has 1 aromatic heterocycles. The van der Waals surface area contributed by atoms with Crippen molar-refractivity contribution in [1.82, 2.24) is 14.8 Å². The lowest BCUT2D eigenvalue weighted by Crippen LogP contribution is -2.38. The van der Waals surface area contributed by atoms with E-state index in [9.17, 15) is 13.2 Å². The standard InChI is InChI=1S/C7H9N3O3S/c1-10(9-6-11)14(12,13)7-3-2-4-8-5-7/h2-6H,1H3,(H,9,11). The molecular weight excluding hydrogens is 206 g/mol. The molecule has 0 radical (unpaired) electrons. The Morgan fingerprint density at radius 2 is 2.29 bits per heavy atom. The third-order valence-electron chi connectivity index (χ3n) is 1.53. The molecule has 0 atom stereocenters. The fourth-order valence-electron chi connectivity index (χ4n) is 0.801. The number of nitrogens with zero attached hydrogens (tertiary/aromatic N) is 2. The van der Waals surface area contributed by atoms with Crippen molar-refractivity contribution >= 4 is 16.4 Å². The summed E-state index contributed by atoms with van der Waals surface area (Å²) >= 11 is 0. The molecule has 1 amide bonds. The van der Waals surface area contributed by atoms with Crippen molar-refractivity contribution in [1.29, 1.82) is 0 Å². The minimum Gasteiger partial charge on any atom is -0.278 e. The zero-order valence-electron chi connectivity index (χ0n) is 7.41. The zero-order chi connectivity index (χ0) is 10.6. The number of aromatic nitrogens is 1. The molecule has 14 heavy (non-hydrogen) atoms. The fourth-order valence-corrected chi connectivity index (χ4v) is 1.74. The lowest BCUT2D eigenvalue weighted by atomic mass is 10.5. The van der Waals surface area contributed by atoms with Gasteiger partial charge in [0, 0.05) is 19.4 Å². The Labute approximate surface area is 81.6 Å². The van der Waals surface area contributed by atoms with Crippen LogP contribution in [0.1, 0.15) is 0 Å². The predicted octanol–water partition coefficient (Wildman–Crippen LogP) is -0.637. The van der Waals surface area contributed by atoms with Gasteiger partial charge >= 0.3 is 0 Å². The normalized spacial score (nSPS) is 11.3. The third-order valence-corrected chi connectivity index (χ3v) is 3.19. The lowest BCUT2D eigenvalue weighted by molar-refractivity contribution is -0.111. The van der Waals surface area contributed by atoms with Gasteiger partial charge in [0.25, 0.3) is 10.0 Å². The van der Waals surface area contributed by atoms with E-state index in [2.05, 4.69) is 4.98 Å². The molecule has 0 saturated heterocycles. The van der Waals surface area contributed by atoms with Crippen LogP contribution >= 0.6 is 0 Å². The first-order chi connectivity index (χ1) is 6.59. The largest absolute Gasteiger partial charge is 0.278 e. The highest BCUT2D eigenvalue weighted by Crippen LogP contribution is 2.09. The third kappa shape index (κ3) is 2.06. The Hall–Kier alpha value is -1.47. The molecule has 0 aliphatic rings. The highest BCUT2D eigenvalue weighted by molar-refractivity contribution is 7.89. The smallest absolute Gasteiger partial charge is 0.261 e. The molecular formula is C7H9N3O3S. The van der Waals surface area contributed by atoms with Crippen LogP contribution in [0.3, 0.4) is 0 Å². The summed E-state index contributed by atoms with van der Waals surface area (Å²) in [5, 5.41) is 0. The molecule has 1 N–H and O–H groups in total. The first kappa shape index (κ1) is 10.6. The minimum absolute atomic E-state index is 0.0249. The van der Waals surface area contributed by atoms with E-state index in [4.69, 9.17) is 0 Å². The Kier molecular flexibility index (Phi) is 3.15. The van der Waals surface area contributed by atoms with E-state index in [0.29, 0.717) is 0 Å². The second-order valence-electron chi connectivity index (χ2n) is 2.41. The minimum atomic E-state index is -3.67. The molecule has 6 nitrogen and oxygen atoms in total. The maximum atomic E-state index is 11.6. The van der Waals surface area contributed by atoms with Crippen LogP contribution in [0.4, 0.5) is 0 Å². The topological polar surface area (TPSA) is 79.4 Å². The van der Waals surface area contributed by atoms with Crippen LogP contribution in [0.2, 0.25) is 0 Å². The summed E-state index contributed by atoms with van der Waals surface area (Å²) < 4.78 is 23.9. The van der Waals surface area contributed by atoms with Crippen molar-refractivity contribution in [2.24, 2.45) is 0 Å². The number of hydrogen-bond acceptors (Lipinski definition) is 4. The van der Waals surface area contributed by atoms with Gasteiger partial charge in [-0.05, 0) is 12.1 Å². The molecule has 1 heterocycles. The van der Waals surface area contributed by atoms with Gasteiger partial charge in [0.15, 0.2) is 0 Å². The number of sulfonamides is 1. The van der Waals surface area contributed by atoms with Crippen molar-refractivity contribution in [3.05, 3.63) is 24.5 Å². The van der Waals surface area contributed by atoms with Crippen LogP contribution in [0.25, 0.3) is 0 Å². The van der Waals surface area contributed by atoms with E-state index in [0.717, 1.165) is 4.41 Å². The predicted molar refractivity (Wildman–Crippen MR) is 48.4 cm³/mol. The second kappa shape index (κ2) is 4.16. The summed E-state index contributed by atoms with van der Waals surface area (Å²) in [7, 11) is -2.44. The molecule has 1 aromatic rings. The van der Waals surface area contributed by atoms with E-state index < -0.39 is 10.0 Å². The van der Waals surface area contributed by atoms with Gasteiger partial charge in [-0.3, -0.25) is 15.2 Å². The molecule has 76 valence electrons. The van der Waals surface area contributed by atoms with Crippen LogP contribution < -0.4 is 5.43 Å². The van der Waals surface area contributed by atoms with Crippen molar-refractivity contribution in [2.75, 3.05) is 7.05 Å². The number of pyridine rings is 1. The number of carbonyl (C=O) groups excluding carboxylic acids is 1. The van der Waals surface area contributed by atoms with Crippen molar-refractivity contribution in [3.8, 4) is 0 Å². The van der Waals surface area contributed by atoms with Crippen molar-refractivity contribution in [3.63, 3.8) is 0 Å². The number of hydrogen-bond donors (Lipinski definition) is 1. The average Bonchev–Trinajstić information content (AvgIpc) is 2.19. The van der Waals surface area contributed by atoms with Crippen LogP contribution in [0.15, 0.2) is 29.4 Å². The van der Waals surface area contributed by atoms with Gasteiger partial charge in [0.05, 0.1) is 0 Å². The van der Waals surface area contributed by atoms with Gasteiger partial charge in [0.1, 0.15) is 4.90 Å². The van der Waals surface area contributed by atoms with E-state index in [1.54, 1.807) is 0 Å². The molecule has 0 aliphatic heterocycles. The van der Waals surface area contributed by atoms with E-state index >= 15 is 0 Å². The summed E-state index contributed by atoms with van der Waals surface area (Å²) in [4.78, 5) is 13.8.